The van der Waals surface area contributed by atoms with Gasteiger partial charge in [-0.05, 0) is 18.2 Å². The van der Waals surface area contributed by atoms with E-state index >= 15 is 0 Å². The summed E-state index contributed by atoms with van der Waals surface area (Å²) in [6.07, 6.45) is 1.11. The Kier molecular flexibility index (Phi) is 3.97. The molecule has 0 aliphatic rings. The van der Waals surface area contributed by atoms with Gasteiger partial charge in [0.1, 0.15) is 5.69 Å². The summed E-state index contributed by atoms with van der Waals surface area (Å²) in [5, 5.41) is 2.94. The molecule has 114 valence electrons. The fourth-order valence-corrected chi connectivity index (χ4v) is 2.11. The van der Waals surface area contributed by atoms with Crippen molar-refractivity contribution in [3.05, 3.63) is 72.2 Å². The Balaban J connectivity index is 1.93. The summed E-state index contributed by atoms with van der Waals surface area (Å²) >= 11 is 0. The van der Waals surface area contributed by atoms with Crippen LogP contribution in [-0.4, -0.2) is 15.9 Å². The first-order chi connectivity index (χ1) is 11.1. The number of benzene rings is 2. The number of hydrogen-bond acceptors (Lipinski definition) is 4. The van der Waals surface area contributed by atoms with Crippen LogP contribution in [0.25, 0.3) is 11.3 Å². The second kappa shape index (κ2) is 6.23. The number of anilines is 2. The van der Waals surface area contributed by atoms with E-state index in [1.165, 1.54) is 0 Å². The van der Waals surface area contributed by atoms with Crippen LogP contribution >= 0.6 is 0 Å². The van der Waals surface area contributed by atoms with Crippen molar-refractivity contribution in [1.82, 2.24) is 9.97 Å². The summed E-state index contributed by atoms with van der Waals surface area (Å²) < 4.78 is 14.0. The van der Waals surface area contributed by atoms with Gasteiger partial charge in [-0.15, -0.1) is 0 Å². The van der Waals surface area contributed by atoms with Gasteiger partial charge in [-0.2, -0.15) is 0 Å². The number of carbonyl (C=O) groups is 1. The summed E-state index contributed by atoms with van der Waals surface area (Å²) in [5.74, 6) is -0.807. The van der Waals surface area contributed by atoms with Crippen LogP contribution in [0.2, 0.25) is 0 Å². The van der Waals surface area contributed by atoms with Gasteiger partial charge in [-0.1, -0.05) is 36.4 Å². The number of aromatic nitrogens is 2. The van der Waals surface area contributed by atoms with E-state index in [2.05, 4.69) is 15.3 Å². The van der Waals surface area contributed by atoms with Crippen molar-refractivity contribution in [2.75, 3.05) is 5.32 Å². The molecule has 23 heavy (non-hydrogen) atoms. The molecule has 0 spiro atoms. The fourth-order valence-electron chi connectivity index (χ4n) is 2.11. The molecule has 0 atom stereocenters. The molecule has 6 heteroatoms. The van der Waals surface area contributed by atoms with Gasteiger partial charge < -0.3 is 11.1 Å². The molecule has 1 aromatic heterocycles. The van der Waals surface area contributed by atoms with Crippen LogP contribution in [0.15, 0.2) is 60.8 Å². The van der Waals surface area contributed by atoms with Crippen molar-refractivity contribution < 1.29 is 9.18 Å². The van der Waals surface area contributed by atoms with Crippen molar-refractivity contribution in [2.24, 2.45) is 5.73 Å². The van der Waals surface area contributed by atoms with Crippen LogP contribution in [0, 0.1) is 5.82 Å². The number of halogens is 1. The SMILES string of the molecule is NC(=O)c1cccc(Nc2ncc(F)c(-c3ccccc3)n2)c1. The van der Waals surface area contributed by atoms with Gasteiger partial charge in [0, 0.05) is 16.8 Å². The average Bonchev–Trinajstić information content (AvgIpc) is 2.57. The van der Waals surface area contributed by atoms with Crippen molar-refractivity contribution in [2.45, 2.75) is 0 Å². The van der Waals surface area contributed by atoms with Crippen molar-refractivity contribution in [3.8, 4) is 11.3 Å². The standard InChI is InChI=1S/C17H13FN4O/c18-14-10-20-17(22-15(14)11-5-2-1-3-6-11)21-13-8-4-7-12(9-13)16(19)23/h1-10H,(H2,19,23)(H,20,21,22). The largest absolute Gasteiger partial charge is 0.366 e. The number of amides is 1. The summed E-state index contributed by atoms with van der Waals surface area (Å²) in [6, 6.07) is 15.6. The van der Waals surface area contributed by atoms with Gasteiger partial charge in [0.15, 0.2) is 5.82 Å². The van der Waals surface area contributed by atoms with Gasteiger partial charge in [0.25, 0.3) is 0 Å². The molecular weight excluding hydrogens is 295 g/mol. The number of nitrogens with one attached hydrogen (secondary N) is 1. The molecule has 1 amide bonds. The average molecular weight is 308 g/mol. The van der Waals surface area contributed by atoms with E-state index in [4.69, 9.17) is 5.73 Å². The maximum absolute atomic E-state index is 14.0. The number of nitrogens with two attached hydrogens (primary N) is 1. The Morgan fingerprint density at radius 3 is 2.61 bits per heavy atom. The van der Waals surface area contributed by atoms with E-state index in [1.807, 2.05) is 6.07 Å². The Labute approximate surface area is 132 Å². The highest BCUT2D eigenvalue weighted by atomic mass is 19.1. The van der Waals surface area contributed by atoms with Crippen LogP contribution in [0.3, 0.4) is 0 Å². The van der Waals surface area contributed by atoms with Crippen LogP contribution in [0.1, 0.15) is 10.4 Å². The van der Waals surface area contributed by atoms with Crippen LogP contribution in [0.4, 0.5) is 16.0 Å². The topological polar surface area (TPSA) is 80.9 Å². The molecular formula is C17H13FN4O. The maximum Gasteiger partial charge on any atom is 0.248 e. The number of nitrogens with zero attached hydrogens (tertiary/aromatic N) is 2. The zero-order chi connectivity index (χ0) is 16.2. The molecule has 0 unspecified atom stereocenters. The minimum Gasteiger partial charge on any atom is -0.366 e. The lowest BCUT2D eigenvalue weighted by atomic mass is 10.1. The minimum atomic E-state index is -0.529. The second-order valence-corrected chi connectivity index (χ2v) is 4.83. The summed E-state index contributed by atoms with van der Waals surface area (Å²) in [7, 11) is 0. The van der Waals surface area contributed by atoms with Gasteiger partial charge in [0.2, 0.25) is 11.9 Å². The van der Waals surface area contributed by atoms with E-state index in [-0.39, 0.29) is 11.6 Å². The summed E-state index contributed by atoms with van der Waals surface area (Å²) in [6.45, 7) is 0. The first-order valence-electron chi connectivity index (χ1n) is 6.88. The van der Waals surface area contributed by atoms with E-state index in [9.17, 15) is 9.18 Å². The fraction of sp³-hybridized carbons (Fsp3) is 0. The Hall–Kier alpha value is -3.28. The Morgan fingerprint density at radius 2 is 1.87 bits per heavy atom. The van der Waals surface area contributed by atoms with Crippen molar-refractivity contribution in [1.29, 1.82) is 0 Å². The Bertz CT molecular complexity index is 852. The minimum absolute atomic E-state index is 0.203. The molecule has 3 aromatic rings. The molecule has 0 radical (unpaired) electrons. The first-order valence-corrected chi connectivity index (χ1v) is 6.88. The monoisotopic (exact) mass is 308 g/mol. The molecule has 0 fully saturated rings. The molecule has 0 aliphatic heterocycles. The molecule has 3 rings (SSSR count). The lowest BCUT2D eigenvalue weighted by molar-refractivity contribution is 0.100. The van der Waals surface area contributed by atoms with Gasteiger partial charge >= 0.3 is 0 Å². The maximum atomic E-state index is 14.0. The molecule has 2 aromatic carbocycles. The third-order valence-electron chi connectivity index (χ3n) is 3.19. The molecule has 0 bridgehead atoms. The lowest BCUT2D eigenvalue weighted by Gasteiger charge is -2.08. The third kappa shape index (κ3) is 3.32. The molecule has 3 N–H and O–H groups in total. The number of hydrogen-bond donors (Lipinski definition) is 2. The predicted octanol–water partition coefficient (Wildman–Crippen LogP) is 3.13. The Morgan fingerprint density at radius 1 is 1.09 bits per heavy atom. The first kappa shape index (κ1) is 14.6. The van der Waals surface area contributed by atoms with Crippen LogP contribution < -0.4 is 11.1 Å². The van der Waals surface area contributed by atoms with Gasteiger partial charge in [-0.3, -0.25) is 4.79 Å². The van der Waals surface area contributed by atoms with Gasteiger partial charge in [0.05, 0.1) is 6.20 Å². The summed E-state index contributed by atoms with van der Waals surface area (Å²) in [5.41, 5.74) is 7.06. The molecule has 0 saturated carbocycles. The number of carbonyl (C=O) groups excluding carboxylic acids is 1. The molecule has 0 aliphatic carbocycles. The van der Waals surface area contributed by atoms with E-state index in [0.717, 1.165) is 6.20 Å². The zero-order valence-electron chi connectivity index (χ0n) is 12.0. The van der Waals surface area contributed by atoms with E-state index in [1.54, 1.807) is 48.5 Å². The van der Waals surface area contributed by atoms with Crippen LogP contribution in [-0.2, 0) is 0 Å². The zero-order valence-corrected chi connectivity index (χ0v) is 12.0. The normalized spacial score (nSPS) is 10.3. The number of rotatable bonds is 4. The quantitative estimate of drug-likeness (QED) is 0.776. The lowest BCUT2D eigenvalue weighted by Crippen LogP contribution is -2.11. The van der Waals surface area contributed by atoms with Crippen LogP contribution in [0.5, 0.6) is 0 Å². The molecule has 0 saturated heterocycles. The highest BCUT2D eigenvalue weighted by Crippen LogP contribution is 2.22. The highest BCUT2D eigenvalue weighted by Gasteiger charge is 2.10. The van der Waals surface area contributed by atoms with Crippen molar-refractivity contribution in [3.63, 3.8) is 0 Å². The number of primary amides is 1. The van der Waals surface area contributed by atoms with E-state index < -0.39 is 11.7 Å². The highest BCUT2D eigenvalue weighted by molar-refractivity contribution is 5.93. The molecule has 1 heterocycles. The smallest absolute Gasteiger partial charge is 0.248 e. The second-order valence-electron chi connectivity index (χ2n) is 4.83. The predicted molar refractivity (Wildman–Crippen MR) is 85.7 cm³/mol. The third-order valence-corrected chi connectivity index (χ3v) is 3.19. The van der Waals surface area contributed by atoms with Crippen molar-refractivity contribution >= 4 is 17.5 Å². The molecule has 5 nitrogen and oxygen atoms in total. The van der Waals surface area contributed by atoms with Gasteiger partial charge in [-0.25, -0.2) is 14.4 Å². The summed E-state index contributed by atoms with van der Waals surface area (Å²) in [4.78, 5) is 19.3. The van der Waals surface area contributed by atoms with E-state index in [0.29, 0.717) is 16.8 Å².